The molecule has 2 aliphatic heterocycles. The molecule has 3 heterocycles. The number of sulfonamides is 1. The summed E-state index contributed by atoms with van der Waals surface area (Å²) in [5.41, 5.74) is 2.88. The minimum Gasteiger partial charge on any atom is -0.342 e. The number of para-hydroxylation sites is 1. The smallest absolute Gasteiger partial charge is 0.243 e. The number of thiazole rings is 1. The van der Waals surface area contributed by atoms with Gasteiger partial charge in [-0.3, -0.25) is 4.79 Å². The highest BCUT2D eigenvalue weighted by molar-refractivity contribution is 7.89. The summed E-state index contributed by atoms with van der Waals surface area (Å²) in [6.07, 6.45) is 3.04. The Morgan fingerprint density at radius 3 is 2.35 bits per heavy atom. The summed E-state index contributed by atoms with van der Waals surface area (Å²) in [7, 11) is -3.53. The second kappa shape index (κ2) is 9.40. The molecule has 1 aromatic heterocycles. The maximum atomic E-state index is 13.2. The lowest BCUT2D eigenvalue weighted by Crippen LogP contribution is -2.46. The molecule has 0 radical (unpaired) electrons. The molecule has 5 rings (SSSR count). The molecule has 2 fully saturated rings. The van der Waals surface area contributed by atoms with E-state index in [0.29, 0.717) is 36.7 Å². The average Bonchev–Trinajstić information content (AvgIpc) is 3.28. The summed E-state index contributed by atoms with van der Waals surface area (Å²) < 4.78 is 29.1. The number of piperidine rings is 2. The highest BCUT2D eigenvalue weighted by Crippen LogP contribution is 2.35. The van der Waals surface area contributed by atoms with E-state index in [2.05, 4.69) is 12.1 Å². The van der Waals surface area contributed by atoms with Gasteiger partial charge in [-0.2, -0.15) is 4.31 Å². The first kappa shape index (κ1) is 23.5. The predicted molar refractivity (Wildman–Crippen MR) is 136 cm³/mol. The van der Waals surface area contributed by atoms with Crippen molar-refractivity contribution in [3.63, 3.8) is 0 Å². The van der Waals surface area contributed by atoms with E-state index in [4.69, 9.17) is 4.98 Å². The van der Waals surface area contributed by atoms with E-state index < -0.39 is 10.0 Å². The molecule has 0 bridgehead atoms. The Morgan fingerprint density at radius 1 is 0.971 bits per heavy atom. The maximum Gasteiger partial charge on any atom is 0.243 e. The number of aromatic nitrogens is 1. The van der Waals surface area contributed by atoms with Gasteiger partial charge in [0.2, 0.25) is 15.9 Å². The Kier molecular flexibility index (Phi) is 6.48. The summed E-state index contributed by atoms with van der Waals surface area (Å²) in [6.45, 7) is 6.10. The van der Waals surface area contributed by atoms with Crippen molar-refractivity contribution in [1.29, 1.82) is 0 Å². The number of rotatable bonds is 4. The Bertz CT molecular complexity index is 1270. The van der Waals surface area contributed by atoms with Crippen LogP contribution < -0.4 is 0 Å². The van der Waals surface area contributed by atoms with Crippen LogP contribution in [0.25, 0.3) is 10.2 Å². The van der Waals surface area contributed by atoms with Crippen molar-refractivity contribution in [2.45, 2.75) is 50.3 Å². The van der Waals surface area contributed by atoms with Gasteiger partial charge in [0, 0.05) is 38.0 Å². The molecule has 8 heteroatoms. The molecular formula is C26H31N3O3S2. The van der Waals surface area contributed by atoms with Crippen LogP contribution in [0.1, 0.15) is 47.7 Å². The molecule has 34 heavy (non-hydrogen) atoms. The third-order valence-corrected chi connectivity index (χ3v) is 10.5. The normalized spacial score (nSPS) is 19.1. The zero-order valence-corrected chi connectivity index (χ0v) is 21.4. The molecule has 0 N–H and O–H groups in total. The molecule has 3 aromatic rings. The lowest BCUT2D eigenvalue weighted by atomic mass is 9.93. The van der Waals surface area contributed by atoms with Gasteiger partial charge in [-0.25, -0.2) is 13.4 Å². The highest BCUT2D eigenvalue weighted by atomic mass is 32.2. The van der Waals surface area contributed by atoms with E-state index in [1.165, 1.54) is 9.71 Å². The number of amides is 1. The summed E-state index contributed by atoms with van der Waals surface area (Å²) in [4.78, 5) is 20.4. The van der Waals surface area contributed by atoms with Crippen molar-refractivity contribution < 1.29 is 13.2 Å². The summed E-state index contributed by atoms with van der Waals surface area (Å²) >= 11 is 1.77. The van der Waals surface area contributed by atoms with Crippen molar-refractivity contribution in [2.75, 3.05) is 26.2 Å². The topological polar surface area (TPSA) is 70.6 Å². The maximum absolute atomic E-state index is 13.2. The number of fused-ring (bicyclic) bond motifs is 1. The van der Waals surface area contributed by atoms with Crippen LogP contribution in [0.3, 0.4) is 0 Å². The summed E-state index contributed by atoms with van der Waals surface area (Å²) in [5, 5.41) is 1.18. The molecule has 0 aliphatic carbocycles. The molecule has 0 saturated carbocycles. The van der Waals surface area contributed by atoms with E-state index in [1.807, 2.05) is 43.0 Å². The number of likely N-dealkylation sites (tertiary alicyclic amines) is 1. The Labute approximate surface area is 205 Å². The Morgan fingerprint density at radius 2 is 1.68 bits per heavy atom. The number of hydrogen-bond donors (Lipinski definition) is 0. The lowest BCUT2D eigenvalue weighted by Gasteiger charge is -2.36. The van der Waals surface area contributed by atoms with Gasteiger partial charge in [0.05, 0.1) is 20.1 Å². The Balaban J connectivity index is 1.17. The minimum atomic E-state index is -3.53. The highest BCUT2D eigenvalue weighted by Gasteiger charge is 2.35. The van der Waals surface area contributed by atoms with E-state index in [1.54, 1.807) is 21.7 Å². The van der Waals surface area contributed by atoms with Gasteiger partial charge in [0.15, 0.2) is 0 Å². The fourth-order valence-electron chi connectivity index (χ4n) is 5.24. The zero-order valence-electron chi connectivity index (χ0n) is 19.7. The third kappa shape index (κ3) is 4.51. The van der Waals surface area contributed by atoms with Gasteiger partial charge >= 0.3 is 0 Å². The largest absolute Gasteiger partial charge is 0.342 e. The van der Waals surface area contributed by atoms with Gasteiger partial charge in [-0.15, -0.1) is 11.3 Å². The molecule has 0 spiro atoms. The molecule has 1 amide bonds. The van der Waals surface area contributed by atoms with Gasteiger partial charge < -0.3 is 4.90 Å². The first-order valence-electron chi connectivity index (χ1n) is 12.0. The molecule has 0 unspecified atom stereocenters. The van der Waals surface area contributed by atoms with E-state index in [0.717, 1.165) is 42.6 Å². The molecule has 6 nitrogen and oxygen atoms in total. The number of carbonyl (C=O) groups excluding carboxylic acids is 1. The minimum absolute atomic E-state index is 0.0930. The molecule has 2 aromatic carbocycles. The van der Waals surface area contributed by atoms with E-state index in [-0.39, 0.29) is 11.8 Å². The van der Waals surface area contributed by atoms with Crippen LogP contribution in [0.4, 0.5) is 0 Å². The van der Waals surface area contributed by atoms with E-state index >= 15 is 0 Å². The summed E-state index contributed by atoms with van der Waals surface area (Å²) in [6, 6.07) is 13.7. The van der Waals surface area contributed by atoms with Crippen molar-refractivity contribution in [2.24, 2.45) is 5.92 Å². The van der Waals surface area contributed by atoms with Crippen LogP contribution in [0.15, 0.2) is 47.4 Å². The second-order valence-corrected chi connectivity index (χ2v) is 12.5. The van der Waals surface area contributed by atoms with Crippen molar-refractivity contribution in [1.82, 2.24) is 14.2 Å². The number of nitrogens with zero attached hydrogens (tertiary/aromatic N) is 3. The zero-order chi connectivity index (χ0) is 23.9. The fourth-order valence-corrected chi connectivity index (χ4v) is 8.05. The summed E-state index contributed by atoms with van der Waals surface area (Å²) in [5.74, 6) is 0.502. The first-order valence-corrected chi connectivity index (χ1v) is 14.3. The standard InChI is InChI=1S/C26H31N3O3S2/c1-18-7-8-24(19(2)17-18)34(31,32)29-15-11-21(12-16-29)26(30)28-13-9-20(10-14-28)25-27-22-5-3-4-6-23(22)33-25/h3-8,17,20-21H,9-16H2,1-2H3. The third-order valence-electron chi connectivity index (χ3n) is 7.22. The van der Waals surface area contributed by atoms with Gasteiger partial charge in [0.25, 0.3) is 0 Å². The number of hydrogen-bond acceptors (Lipinski definition) is 5. The molecule has 2 saturated heterocycles. The quantitative estimate of drug-likeness (QED) is 0.523. The number of carbonyl (C=O) groups is 1. The molecule has 2 aliphatic rings. The SMILES string of the molecule is Cc1ccc(S(=O)(=O)N2CCC(C(=O)N3CCC(c4nc5ccccc5s4)CC3)CC2)c(C)c1. The van der Waals surface area contributed by atoms with Crippen molar-refractivity contribution in [3.8, 4) is 0 Å². The van der Waals surface area contributed by atoms with Crippen LogP contribution in [-0.2, 0) is 14.8 Å². The lowest BCUT2D eigenvalue weighted by molar-refractivity contribution is -0.137. The first-order chi connectivity index (χ1) is 16.3. The van der Waals surface area contributed by atoms with Gasteiger partial charge in [-0.1, -0.05) is 29.8 Å². The predicted octanol–water partition coefficient (Wildman–Crippen LogP) is 4.72. The van der Waals surface area contributed by atoms with Crippen LogP contribution in [0, 0.1) is 19.8 Å². The van der Waals surface area contributed by atoms with Crippen LogP contribution in [-0.4, -0.2) is 54.7 Å². The van der Waals surface area contributed by atoms with Crippen LogP contribution in [0.2, 0.25) is 0 Å². The van der Waals surface area contributed by atoms with Crippen LogP contribution in [0.5, 0.6) is 0 Å². The fraction of sp³-hybridized carbons (Fsp3) is 0.462. The van der Waals surface area contributed by atoms with Crippen LogP contribution >= 0.6 is 11.3 Å². The molecule has 180 valence electrons. The van der Waals surface area contributed by atoms with Gasteiger partial charge in [0.1, 0.15) is 0 Å². The van der Waals surface area contributed by atoms with E-state index in [9.17, 15) is 13.2 Å². The van der Waals surface area contributed by atoms with Crippen molar-refractivity contribution >= 4 is 37.5 Å². The number of benzene rings is 2. The second-order valence-electron chi connectivity index (χ2n) is 9.57. The monoisotopic (exact) mass is 497 g/mol. The molecule has 0 atom stereocenters. The average molecular weight is 498 g/mol. The Hall–Kier alpha value is -2.29. The van der Waals surface area contributed by atoms with Crippen molar-refractivity contribution in [3.05, 3.63) is 58.6 Å². The molecular weight excluding hydrogens is 466 g/mol. The van der Waals surface area contributed by atoms with Gasteiger partial charge in [-0.05, 0) is 63.3 Å². The number of aryl methyl sites for hydroxylation is 2.